The molecule has 0 aromatic heterocycles. The van der Waals surface area contributed by atoms with Crippen molar-refractivity contribution in [2.45, 2.75) is 45.7 Å². The maximum atomic E-state index is 13.0. The van der Waals surface area contributed by atoms with E-state index < -0.39 is 6.04 Å². The van der Waals surface area contributed by atoms with Crippen molar-refractivity contribution in [1.29, 1.82) is 0 Å². The zero-order chi connectivity index (χ0) is 18.1. The van der Waals surface area contributed by atoms with E-state index in [4.69, 9.17) is 5.73 Å². The van der Waals surface area contributed by atoms with Gasteiger partial charge in [0, 0.05) is 24.7 Å². The highest BCUT2D eigenvalue weighted by Gasteiger charge is 2.44. The molecule has 1 saturated carbocycles. The third-order valence-electron chi connectivity index (χ3n) is 5.76. The van der Waals surface area contributed by atoms with Crippen molar-refractivity contribution < 1.29 is 9.59 Å². The molecule has 26 heavy (non-hydrogen) atoms. The molecular formula is C20H30ClN3O2. The van der Waals surface area contributed by atoms with Gasteiger partial charge < -0.3 is 16.0 Å². The molecule has 6 heteroatoms. The number of nitrogens with two attached hydrogens (primary N) is 1. The number of aryl methyl sites for hydroxylation is 1. The maximum Gasteiger partial charge on any atom is 0.251 e. The van der Waals surface area contributed by atoms with E-state index >= 15 is 0 Å². The molecule has 144 valence electrons. The molecule has 0 spiro atoms. The van der Waals surface area contributed by atoms with Gasteiger partial charge in [0.25, 0.3) is 5.91 Å². The molecule has 0 bridgehead atoms. The molecule has 3 rings (SSSR count). The van der Waals surface area contributed by atoms with E-state index in [9.17, 15) is 9.59 Å². The summed E-state index contributed by atoms with van der Waals surface area (Å²) in [5, 5.41) is 2.94. The van der Waals surface area contributed by atoms with E-state index in [1.165, 1.54) is 0 Å². The van der Waals surface area contributed by atoms with Gasteiger partial charge in [0.1, 0.15) is 6.04 Å². The van der Waals surface area contributed by atoms with Gasteiger partial charge in [0.15, 0.2) is 0 Å². The molecule has 5 nitrogen and oxygen atoms in total. The fourth-order valence-corrected chi connectivity index (χ4v) is 4.13. The topological polar surface area (TPSA) is 75.4 Å². The Morgan fingerprint density at radius 1 is 1.15 bits per heavy atom. The largest absolute Gasteiger partial charge is 0.340 e. The predicted molar refractivity (Wildman–Crippen MR) is 105 cm³/mol. The second kappa shape index (κ2) is 8.40. The normalized spacial score (nSPS) is 25.6. The fraction of sp³-hybridized carbons (Fsp3) is 0.600. The van der Waals surface area contributed by atoms with Crippen LogP contribution in [0.4, 0.5) is 0 Å². The average molecular weight is 380 g/mol. The number of carbonyl (C=O) groups is 2. The van der Waals surface area contributed by atoms with Gasteiger partial charge in [0.05, 0.1) is 0 Å². The van der Waals surface area contributed by atoms with Crippen molar-refractivity contribution in [1.82, 2.24) is 10.2 Å². The van der Waals surface area contributed by atoms with E-state index in [1.807, 2.05) is 37.8 Å². The molecule has 1 aliphatic carbocycles. The standard InChI is InChI=1S/C20H29N3O2.ClH/c1-12(2)18(22-19(24)14-6-4-13(3)5-7-14)20(25)23-10-15-8-9-17(21)16(15)11-23;/h4-7,12,15-18H,8-11,21H2,1-3H3,(H,22,24);1H. The highest BCUT2D eigenvalue weighted by molar-refractivity contribution is 5.97. The highest BCUT2D eigenvalue weighted by Crippen LogP contribution is 2.37. The summed E-state index contributed by atoms with van der Waals surface area (Å²) in [6.45, 7) is 7.44. The van der Waals surface area contributed by atoms with Crippen molar-refractivity contribution >= 4 is 24.2 Å². The van der Waals surface area contributed by atoms with Crippen LogP contribution in [0.25, 0.3) is 0 Å². The first kappa shape index (κ1) is 20.7. The SMILES string of the molecule is Cc1ccc(C(=O)NC(C(=O)N2CC3CCC(N)C3C2)C(C)C)cc1.Cl. The van der Waals surface area contributed by atoms with Crippen LogP contribution in [0.15, 0.2) is 24.3 Å². The maximum absolute atomic E-state index is 13.0. The van der Waals surface area contributed by atoms with E-state index in [2.05, 4.69) is 5.32 Å². The second-order valence-corrected chi connectivity index (χ2v) is 7.97. The molecule has 3 N–H and O–H groups in total. The van der Waals surface area contributed by atoms with Crippen LogP contribution in [-0.4, -0.2) is 41.9 Å². The lowest BCUT2D eigenvalue weighted by atomic mass is 9.98. The lowest BCUT2D eigenvalue weighted by Gasteiger charge is -2.28. The number of nitrogens with zero attached hydrogens (tertiary/aromatic N) is 1. The predicted octanol–water partition coefficient (Wildman–Crippen LogP) is 2.37. The Labute approximate surface area is 162 Å². The number of rotatable bonds is 4. The molecule has 1 aliphatic heterocycles. The highest BCUT2D eigenvalue weighted by atomic mass is 35.5. The number of hydrogen-bond donors (Lipinski definition) is 2. The third kappa shape index (κ3) is 4.21. The molecule has 2 aliphatic rings. The van der Waals surface area contributed by atoms with Crippen molar-refractivity contribution in [3.8, 4) is 0 Å². The first-order chi connectivity index (χ1) is 11.9. The molecule has 1 aromatic rings. The summed E-state index contributed by atoms with van der Waals surface area (Å²) in [5.74, 6) is 0.820. The Hall–Kier alpha value is -1.59. The van der Waals surface area contributed by atoms with Crippen molar-refractivity contribution in [2.24, 2.45) is 23.5 Å². The lowest BCUT2D eigenvalue weighted by Crippen LogP contribution is -2.51. The summed E-state index contributed by atoms with van der Waals surface area (Å²) in [7, 11) is 0. The Morgan fingerprint density at radius 2 is 1.81 bits per heavy atom. The molecule has 2 fully saturated rings. The van der Waals surface area contributed by atoms with Crippen LogP contribution >= 0.6 is 12.4 Å². The number of carbonyl (C=O) groups excluding carboxylic acids is 2. The van der Waals surface area contributed by atoms with Crippen LogP contribution in [0.2, 0.25) is 0 Å². The minimum atomic E-state index is -0.496. The number of hydrogen-bond acceptors (Lipinski definition) is 3. The van der Waals surface area contributed by atoms with Crippen LogP contribution in [0, 0.1) is 24.7 Å². The summed E-state index contributed by atoms with van der Waals surface area (Å²) < 4.78 is 0. The number of likely N-dealkylation sites (tertiary alicyclic amines) is 1. The molecule has 1 aromatic carbocycles. The van der Waals surface area contributed by atoms with Crippen LogP contribution in [0.5, 0.6) is 0 Å². The van der Waals surface area contributed by atoms with E-state index in [1.54, 1.807) is 12.1 Å². The van der Waals surface area contributed by atoms with Crippen molar-refractivity contribution in [3.63, 3.8) is 0 Å². The minimum Gasteiger partial charge on any atom is -0.340 e. The molecule has 4 atom stereocenters. The summed E-state index contributed by atoms with van der Waals surface area (Å²) in [6, 6.07) is 7.12. The van der Waals surface area contributed by atoms with Crippen LogP contribution in [0.1, 0.15) is 42.6 Å². The van der Waals surface area contributed by atoms with E-state index in [0.29, 0.717) is 17.4 Å². The van der Waals surface area contributed by atoms with Crippen LogP contribution in [0.3, 0.4) is 0 Å². The zero-order valence-corrected chi connectivity index (χ0v) is 16.6. The fourth-order valence-electron chi connectivity index (χ4n) is 4.13. The second-order valence-electron chi connectivity index (χ2n) is 7.97. The first-order valence-corrected chi connectivity index (χ1v) is 9.28. The Balaban J connectivity index is 0.00000243. The molecule has 4 unspecified atom stereocenters. The molecule has 1 saturated heterocycles. The van der Waals surface area contributed by atoms with Gasteiger partial charge in [-0.1, -0.05) is 31.5 Å². The van der Waals surface area contributed by atoms with E-state index in [0.717, 1.165) is 31.5 Å². The molecule has 1 heterocycles. The molecule has 0 radical (unpaired) electrons. The van der Waals surface area contributed by atoms with Crippen molar-refractivity contribution in [3.05, 3.63) is 35.4 Å². The quantitative estimate of drug-likeness (QED) is 0.843. The number of benzene rings is 1. The van der Waals surface area contributed by atoms with Gasteiger partial charge in [-0.15, -0.1) is 12.4 Å². The monoisotopic (exact) mass is 379 g/mol. The first-order valence-electron chi connectivity index (χ1n) is 9.28. The Morgan fingerprint density at radius 3 is 2.38 bits per heavy atom. The summed E-state index contributed by atoms with van der Waals surface area (Å²) in [4.78, 5) is 27.5. The summed E-state index contributed by atoms with van der Waals surface area (Å²) in [5.41, 5.74) is 7.87. The zero-order valence-electron chi connectivity index (χ0n) is 15.8. The lowest BCUT2D eigenvalue weighted by molar-refractivity contribution is -0.133. The van der Waals surface area contributed by atoms with Gasteiger partial charge in [-0.3, -0.25) is 9.59 Å². The van der Waals surface area contributed by atoms with Gasteiger partial charge >= 0.3 is 0 Å². The van der Waals surface area contributed by atoms with E-state index in [-0.39, 0.29) is 36.2 Å². The molecule has 2 amide bonds. The van der Waals surface area contributed by atoms with Crippen LogP contribution < -0.4 is 11.1 Å². The minimum absolute atomic E-state index is 0. The van der Waals surface area contributed by atoms with Gasteiger partial charge in [-0.05, 0) is 49.7 Å². The third-order valence-corrected chi connectivity index (χ3v) is 5.76. The van der Waals surface area contributed by atoms with Gasteiger partial charge in [-0.2, -0.15) is 0 Å². The smallest absolute Gasteiger partial charge is 0.251 e. The Kier molecular flexibility index (Phi) is 6.69. The van der Waals surface area contributed by atoms with Crippen LogP contribution in [-0.2, 0) is 4.79 Å². The van der Waals surface area contributed by atoms with Gasteiger partial charge in [0.2, 0.25) is 5.91 Å². The number of halogens is 1. The average Bonchev–Trinajstić information content (AvgIpc) is 3.14. The number of amides is 2. The summed E-state index contributed by atoms with van der Waals surface area (Å²) in [6.07, 6.45) is 2.17. The van der Waals surface area contributed by atoms with Gasteiger partial charge in [-0.25, -0.2) is 0 Å². The summed E-state index contributed by atoms with van der Waals surface area (Å²) >= 11 is 0. The number of nitrogens with one attached hydrogen (secondary N) is 1. The Bertz CT molecular complexity index is 647. The number of fused-ring (bicyclic) bond motifs is 1. The molecular weight excluding hydrogens is 350 g/mol. The van der Waals surface area contributed by atoms with Crippen molar-refractivity contribution in [2.75, 3.05) is 13.1 Å².